The molecule has 1 heterocycles. The molecule has 4 rings (SSSR count). The minimum Gasteiger partial charge on any atom is -0.497 e. The van der Waals surface area contributed by atoms with E-state index >= 15 is 0 Å². The van der Waals surface area contributed by atoms with Gasteiger partial charge in [-0.05, 0) is 60.2 Å². The summed E-state index contributed by atoms with van der Waals surface area (Å²) in [5.41, 5.74) is 2.15. The Morgan fingerprint density at radius 1 is 1.00 bits per heavy atom. The van der Waals surface area contributed by atoms with Gasteiger partial charge in [-0.2, -0.15) is 4.68 Å². The summed E-state index contributed by atoms with van der Waals surface area (Å²) >= 11 is 5.95. The van der Waals surface area contributed by atoms with E-state index in [2.05, 4.69) is 10.4 Å². The van der Waals surface area contributed by atoms with Gasteiger partial charge in [-0.1, -0.05) is 29.8 Å². The normalized spacial score (nSPS) is 10.5. The molecule has 0 bridgehead atoms. The number of carbonyl (C=O) groups is 1. The summed E-state index contributed by atoms with van der Waals surface area (Å²) in [5, 5.41) is 7.60. The fraction of sp³-hybridized carbons (Fsp3) is 0.0800. The van der Waals surface area contributed by atoms with Crippen LogP contribution < -0.4 is 20.3 Å². The van der Waals surface area contributed by atoms with Crippen LogP contribution in [0.15, 0.2) is 89.7 Å². The number of benzene rings is 3. The van der Waals surface area contributed by atoms with E-state index in [1.807, 2.05) is 24.3 Å². The molecule has 0 saturated heterocycles. The van der Waals surface area contributed by atoms with Crippen LogP contribution in [0.4, 0.5) is 5.69 Å². The smallest absolute Gasteiger partial charge is 0.271 e. The SMILES string of the molecule is COc1ccc(COc2ccc(=O)n(-c3ccc(C(=O)Nc4cccc(Cl)c4)cc3)n2)cc1. The van der Waals surface area contributed by atoms with E-state index in [0.717, 1.165) is 11.3 Å². The Bertz CT molecular complexity index is 1320. The minimum atomic E-state index is -0.317. The molecule has 3 aromatic carbocycles. The molecule has 166 valence electrons. The third-order valence-corrected chi connectivity index (χ3v) is 5.01. The molecule has 0 spiro atoms. The van der Waals surface area contributed by atoms with Crippen molar-refractivity contribution < 1.29 is 14.3 Å². The van der Waals surface area contributed by atoms with Gasteiger partial charge in [-0.25, -0.2) is 0 Å². The van der Waals surface area contributed by atoms with Gasteiger partial charge in [-0.15, -0.1) is 5.10 Å². The average molecular weight is 462 g/mol. The van der Waals surface area contributed by atoms with Gasteiger partial charge >= 0.3 is 0 Å². The van der Waals surface area contributed by atoms with Crippen LogP contribution >= 0.6 is 11.6 Å². The van der Waals surface area contributed by atoms with E-state index in [-0.39, 0.29) is 18.1 Å². The Labute approximate surface area is 195 Å². The highest BCUT2D eigenvalue weighted by atomic mass is 35.5. The Morgan fingerprint density at radius 3 is 2.45 bits per heavy atom. The van der Waals surface area contributed by atoms with Crippen molar-refractivity contribution in [3.63, 3.8) is 0 Å². The standard InChI is InChI=1S/C25H20ClN3O4/c1-32-22-11-5-17(6-12-22)16-33-23-13-14-24(30)29(28-23)21-9-7-18(8-10-21)25(31)27-20-4-2-3-19(26)15-20/h2-15H,16H2,1H3,(H,27,31). The van der Waals surface area contributed by atoms with Crippen molar-refractivity contribution in [3.05, 3.63) is 111 Å². The lowest BCUT2D eigenvalue weighted by molar-refractivity contribution is 0.102. The molecular formula is C25H20ClN3O4. The van der Waals surface area contributed by atoms with Gasteiger partial charge in [0.1, 0.15) is 12.4 Å². The lowest BCUT2D eigenvalue weighted by Gasteiger charge is -2.10. The van der Waals surface area contributed by atoms with Gasteiger partial charge in [-0.3, -0.25) is 9.59 Å². The van der Waals surface area contributed by atoms with E-state index in [9.17, 15) is 9.59 Å². The number of amides is 1. The van der Waals surface area contributed by atoms with Gasteiger partial charge in [0.15, 0.2) is 0 Å². The van der Waals surface area contributed by atoms with Gasteiger partial charge in [0.05, 0.1) is 12.8 Å². The highest BCUT2D eigenvalue weighted by Crippen LogP contribution is 2.17. The molecule has 4 aromatic rings. The van der Waals surface area contributed by atoms with Crippen LogP contribution in [0.2, 0.25) is 5.02 Å². The molecule has 1 N–H and O–H groups in total. The van der Waals surface area contributed by atoms with Gasteiger partial charge in [0.2, 0.25) is 5.88 Å². The zero-order valence-electron chi connectivity index (χ0n) is 17.7. The largest absolute Gasteiger partial charge is 0.497 e. The van der Waals surface area contributed by atoms with E-state index in [1.54, 1.807) is 55.6 Å². The number of hydrogen-bond acceptors (Lipinski definition) is 5. The summed E-state index contributed by atoms with van der Waals surface area (Å²) < 4.78 is 12.1. The lowest BCUT2D eigenvalue weighted by Crippen LogP contribution is -2.20. The summed E-state index contributed by atoms with van der Waals surface area (Å²) in [7, 11) is 1.61. The van der Waals surface area contributed by atoms with Crippen molar-refractivity contribution in [3.8, 4) is 17.3 Å². The molecule has 0 aliphatic rings. The molecule has 0 aliphatic carbocycles. The maximum atomic E-state index is 12.5. The summed E-state index contributed by atoms with van der Waals surface area (Å²) in [5.74, 6) is 0.768. The van der Waals surface area contributed by atoms with Crippen LogP contribution in [-0.2, 0) is 6.61 Å². The van der Waals surface area contributed by atoms with Gasteiger partial charge < -0.3 is 14.8 Å². The van der Waals surface area contributed by atoms with E-state index in [1.165, 1.54) is 16.8 Å². The van der Waals surface area contributed by atoms with E-state index in [0.29, 0.717) is 27.8 Å². The second-order valence-corrected chi connectivity index (χ2v) is 7.51. The molecule has 1 aromatic heterocycles. The fourth-order valence-corrected chi connectivity index (χ4v) is 3.25. The first-order valence-electron chi connectivity index (χ1n) is 10.1. The molecule has 0 fully saturated rings. The molecule has 1 amide bonds. The van der Waals surface area contributed by atoms with Crippen molar-refractivity contribution in [2.24, 2.45) is 0 Å². The van der Waals surface area contributed by atoms with Crippen LogP contribution in [0.5, 0.6) is 11.6 Å². The quantitative estimate of drug-likeness (QED) is 0.430. The number of ether oxygens (including phenoxy) is 2. The molecule has 0 atom stereocenters. The molecule has 0 aliphatic heterocycles. The number of halogens is 1. The van der Waals surface area contributed by atoms with Crippen molar-refractivity contribution >= 4 is 23.2 Å². The van der Waals surface area contributed by atoms with Crippen molar-refractivity contribution in [2.45, 2.75) is 6.61 Å². The van der Waals surface area contributed by atoms with Crippen molar-refractivity contribution in [1.29, 1.82) is 0 Å². The minimum absolute atomic E-state index is 0.289. The number of nitrogens with zero attached hydrogens (tertiary/aromatic N) is 2. The second kappa shape index (κ2) is 10.0. The monoisotopic (exact) mass is 461 g/mol. The highest BCUT2D eigenvalue weighted by Gasteiger charge is 2.09. The van der Waals surface area contributed by atoms with Crippen LogP contribution in [0.25, 0.3) is 5.69 Å². The summed E-state index contributed by atoms with van der Waals surface area (Å²) in [6.07, 6.45) is 0. The first-order chi connectivity index (χ1) is 16.0. The first kappa shape index (κ1) is 22.1. The Hall–Kier alpha value is -4.10. The topological polar surface area (TPSA) is 82.5 Å². The summed E-state index contributed by atoms with van der Waals surface area (Å²) in [4.78, 5) is 24.8. The third kappa shape index (κ3) is 5.58. The zero-order chi connectivity index (χ0) is 23.2. The van der Waals surface area contributed by atoms with Crippen LogP contribution in [0, 0.1) is 0 Å². The number of carbonyl (C=O) groups excluding carboxylic acids is 1. The Kier molecular flexibility index (Phi) is 6.71. The average Bonchev–Trinajstić information content (AvgIpc) is 2.84. The van der Waals surface area contributed by atoms with Crippen LogP contribution in [0.1, 0.15) is 15.9 Å². The summed E-state index contributed by atoms with van der Waals surface area (Å²) in [6, 6.07) is 23.8. The first-order valence-corrected chi connectivity index (χ1v) is 10.4. The molecule has 33 heavy (non-hydrogen) atoms. The molecule has 7 nitrogen and oxygen atoms in total. The summed E-state index contributed by atoms with van der Waals surface area (Å²) in [6.45, 7) is 0.289. The maximum absolute atomic E-state index is 12.5. The van der Waals surface area contributed by atoms with Gasteiger partial charge in [0, 0.05) is 28.4 Å². The van der Waals surface area contributed by atoms with Crippen molar-refractivity contribution in [2.75, 3.05) is 12.4 Å². The Morgan fingerprint density at radius 2 is 1.76 bits per heavy atom. The highest BCUT2D eigenvalue weighted by molar-refractivity contribution is 6.30. The van der Waals surface area contributed by atoms with E-state index < -0.39 is 0 Å². The number of rotatable bonds is 7. The number of nitrogens with one attached hydrogen (secondary N) is 1. The third-order valence-electron chi connectivity index (χ3n) is 4.78. The van der Waals surface area contributed by atoms with Crippen molar-refractivity contribution in [1.82, 2.24) is 9.78 Å². The molecule has 0 unspecified atom stereocenters. The molecule has 8 heteroatoms. The predicted octanol–water partition coefficient (Wildman–Crippen LogP) is 4.73. The maximum Gasteiger partial charge on any atom is 0.271 e. The second-order valence-electron chi connectivity index (χ2n) is 7.07. The number of aromatic nitrogens is 2. The molecule has 0 saturated carbocycles. The fourth-order valence-electron chi connectivity index (χ4n) is 3.06. The van der Waals surface area contributed by atoms with Crippen LogP contribution in [0.3, 0.4) is 0 Å². The lowest BCUT2D eigenvalue weighted by atomic mass is 10.2. The van der Waals surface area contributed by atoms with E-state index in [4.69, 9.17) is 21.1 Å². The van der Waals surface area contributed by atoms with Gasteiger partial charge in [0.25, 0.3) is 11.5 Å². The Balaban J connectivity index is 1.46. The number of hydrogen-bond donors (Lipinski definition) is 1. The number of anilines is 1. The predicted molar refractivity (Wildman–Crippen MR) is 127 cm³/mol. The molecular weight excluding hydrogens is 442 g/mol. The van der Waals surface area contributed by atoms with Crippen LogP contribution in [-0.4, -0.2) is 22.8 Å². The number of methoxy groups -OCH3 is 1. The zero-order valence-corrected chi connectivity index (χ0v) is 18.5. The molecule has 0 radical (unpaired) electrons.